The molecule has 5 nitrogen and oxygen atoms in total. The van der Waals surface area contributed by atoms with E-state index < -0.39 is 0 Å². The number of unbranched alkanes of at least 4 members (excludes halogenated alkanes) is 11. The van der Waals surface area contributed by atoms with E-state index in [0.29, 0.717) is 29.6 Å². The summed E-state index contributed by atoms with van der Waals surface area (Å²) in [5.74, 6) is 0.599. The van der Waals surface area contributed by atoms with Gasteiger partial charge in [0.05, 0.1) is 22.7 Å². The molecule has 0 saturated carbocycles. The Morgan fingerprint density at radius 1 is 0.897 bits per heavy atom. The Hall–Kier alpha value is -2.09. The zero-order valence-corrected chi connectivity index (χ0v) is 26.3. The van der Waals surface area contributed by atoms with Crippen LogP contribution in [-0.2, 0) is 6.54 Å². The number of rotatable bonds is 18. The van der Waals surface area contributed by atoms with Crippen LogP contribution in [0.15, 0.2) is 59.6 Å². The highest BCUT2D eigenvalue weighted by atomic mass is 79.9. The molecule has 0 saturated heterocycles. The second-order valence-electron chi connectivity index (χ2n) is 9.82. The molecule has 3 rings (SSSR count). The van der Waals surface area contributed by atoms with E-state index in [9.17, 15) is 4.79 Å². The van der Waals surface area contributed by atoms with Gasteiger partial charge in [-0.3, -0.25) is 0 Å². The van der Waals surface area contributed by atoms with E-state index in [1.54, 1.807) is 29.5 Å². The number of carbonyl (C=O) groups is 1. The average Bonchev–Trinajstić information content (AvgIpc) is 3.43. The Balaban J connectivity index is 0.00000533. The van der Waals surface area contributed by atoms with E-state index in [2.05, 4.69) is 22.1 Å². The van der Waals surface area contributed by atoms with Gasteiger partial charge in [-0.1, -0.05) is 119 Å². The molecule has 1 aromatic heterocycles. The van der Waals surface area contributed by atoms with Gasteiger partial charge in [-0.05, 0) is 24.6 Å². The first-order valence-electron chi connectivity index (χ1n) is 14.1. The number of hydrogen-bond acceptors (Lipinski definition) is 3. The van der Waals surface area contributed by atoms with Crippen LogP contribution in [0.5, 0.6) is 5.75 Å². The molecule has 0 bridgehead atoms. The van der Waals surface area contributed by atoms with E-state index in [1.807, 2.05) is 41.4 Å². The van der Waals surface area contributed by atoms with Gasteiger partial charge in [-0.2, -0.15) is 4.57 Å². The number of nitrogens with one attached hydrogen (secondary N) is 2. The molecule has 0 radical (unpaired) electrons. The molecule has 2 aromatic carbocycles. The van der Waals surface area contributed by atoms with Gasteiger partial charge in [-0.25, -0.2) is 4.79 Å². The SMILES string of the molecule is CCCCCCCCCCCCCCOc1cc(NC(=O)Nc2ccccc2C[n+]2ccsc2)ccc1Cl.[Br-]. The van der Waals surface area contributed by atoms with E-state index in [4.69, 9.17) is 16.3 Å². The molecule has 3 aromatic rings. The third kappa shape index (κ3) is 13.2. The number of carbonyl (C=O) groups excluding carboxylic acids is 1. The van der Waals surface area contributed by atoms with Gasteiger partial charge in [0, 0.05) is 17.3 Å². The maximum atomic E-state index is 12.7. The lowest BCUT2D eigenvalue weighted by Gasteiger charge is -2.13. The second kappa shape index (κ2) is 19.9. The maximum absolute atomic E-state index is 12.7. The fourth-order valence-electron chi connectivity index (χ4n) is 4.43. The minimum absolute atomic E-state index is 0. The smallest absolute Gasteiger partial charge is 0.323 e. The van der Waals surface area contributed by atoms with Gasteiger partial charge in [0.1, 0.15) is 5.75 Å². The van der Waals surface area contributed by atoms with Crippen molar-refractivity contribution in [1.82, 2.24) is 0 Å². The predicted molar refractivity (Wildman–Crippen MR) is 161 cm³/mol. The number of amides is 2. The molecule has 0 aliphatic carbocycles. The number of para-hydroxylation sites is 1. The number of aromatic nitrogens is 1. The molecule has 214 valence electrons. The number of halogens is 2. The molecule has 8 heteroatoms. The first-order chi connectivity index (χ1) is 18.7. The Labute approximate surface area is 254 Å². The summed E-state index contributed by atoms with van der Waals surface area (Å²) >= 11 is 7.99. The van der Waals surface area contributed by atoms with Crippen LogP contribution < -0.4 is 36.9 Å². The van der Waals surface area contributed by atoms with Crippen LogP contribution in [0.1, 0.15) is 89.5 Å². The normalized spacial score (nSPS) is 10.6. The highest BCUT2D eigenvalue weighted by Gasteiger charge is 2.12. The fraction of sp³-hybridized carbons (Fsp3) is 0.484. The Bertz CT molecular complexity index is 1080. The van der Waals surface area contributed by atoms with Crippen molar-refractivity contribution in [2.45, 2.75) is 90.5 Å². The van der Waals surface area contributed by atoms with Crippen LogP contribution in [0.4, 0.5) is 16.2 Å². The molecule has 2 amide bonds. The molecule has 0 spiro atoms. The lowest BCUT2D eigenvalue weighted by molar-refractivity contribution is -0.683. The molecule has 0 aliphatic heterocycles. The van der Waals surface area contributed by atoms with Crippen molar-refractivity contribution < 1.29 is 31.1 Å². The van der Waals surface area contributed by atoms with Gasteiger partial charge in [0.2, 0.25) is 5.51 Å². The van der Waals surface area contributed by atoms with Gasteiger partial charge in [0.25, 0.3) is 0 Å². The van der Waals surface area contributed by atoms with Gasteiger partial charge in [0.15, 0.2) is 12.7 Å². The lowest BCUT2D eigenvalue weighted by atomic mass is 10.1. The second-order valence-corrected chi connectivity index (χ2v) is 11.0. The standard InChI is InChI=1S/C31H42ClN3O2S.BrH/c1-2-3-4-5-6-7-8-9-10-11-12-15-21-37-30-23-27(18-19-28(30)32)33-31(36)34-29-17-14-13-16-26(29)24-35-20-22-38-25-35;/h13-14,16-20,22-23,25H,2-12,15,21,24H2,1H3,(H-,33,34,36);1H. The number of nitrogens with zero attached hydrogens (tertiary/aromatic N) is 1. The van der Waals surface area contributed by atoms with Crippen molar-refractivity contribution in [3.8, 4) is 5.75 Å². The maximum Gasteiger partial charge on any atom is 0.323 e. The Morgan fingerprint density at radius 2 is 1.56 bits per heavy atom. The lowest BCUT2D eigenvalue weighted by Crippen LogP contribution is -3.00. The predicted octanol–water partition coefficient (Wildman–Crippen LogP) is 6.47. The number of anilines is 2. The van der Waals surface area contributed by atoms with Crippen LogP contribution in [-0.4, -0.2) is 12.6 Å². The van der Waals surface area contributed by atoms with E-state index in [0.717, 1.165) is 24.1 Å². The van der Waals surface area contributed by atoms with Crippen molar-refractivity contribution in [1.29, 1.82) is 0 Å². The number of ether oxygens (including phenoxy) is 1. The highest BCUT2D eigenvalue weighted by Crippen LogP contribution is 2.28. The van der Waals surface area contributed by atoms with Crippen molar-refractivity contribution in [2.75, 3.05) is 17.2 Å². The third-order valence-electron chi connectivity index (χ3n) is 6.59. The summed E-state index contributed by atoms with van der Waals surface area (Å²) in [4.78, 5) is 12.7. The molecule has 0 aliphatic rings. The summed E-state index contributed by atoms with van der Waals surface area (Å²) in [5, 5.41) is 8.45. The molecule has 0 unspecified atom stereocenters. The van der Waals surface area contributed by atoms with Gasteiger partial charge in [-0.15, -0.1) is 0 Å². The molecule has 1 heterocycles. The van der Waals surface area contributed by atoms with Crippen molar-refractivity contribution in [2.24, 2.45) is 0 Å². The summed E-state index contributed by atoms with van der Waals surface area (Å²) in [6.45, 7) is 3.59. The van der Waals surface area contributed by atoms with E-state index in [-0.39, 0.29) is 23.0 Å². The van der Waals surface area contributed by atoms with Crippen LogP contribution in [0.2, 0.25) is 5.02 Å². The zero-order valence-electron chi connectivity index (χ0n) is 23.1. The topological polar surface area (TPSA) is 54.2 Å². The number of hydrogen-bond donors (Lipinski definition) is 2. The number of thiazole rings is 1. The van der Waals surface area contributed by atoms with E-state index in [1.165, 1.54) is 64.2 Å². The fourth-order valence-corrected chi connectivity index (χ4v) is 5.20. The van der Waals surface area contributed by atoms with Crippen molar-refractivity contribution in [3.05, 3.63) is 70.1 Å². The molecular weight excluding hydrogens is 594 g/mol. The zero-order chi connectivity index (χ0) is 26.8. The average molecular weight is 637 g/mol. The van der Waals surface area contributed by atoms with E-state index >= 15 is 0 Å². The van der Waals surface area contributed by atoms with Crippen LogP contribution in [0.3, 0.4) is 0 Å². The third-order valence-corrected chi connectivity index (χ3v) is 7.57. The minimum atomic E-state index is -0.304. The van der Waals surface area contributed by atoms with Crippen LogP contribution in [0, 0.1) is 0 Å². The van der Waals surface area contributed by atoms with Crippen LogP contribution >= 0.6 is 22.9 Å². The van der Waals surface area contributed by atoms with Crippen molar-refractivity contribution >= 4 is 40.3 Å². The summed E-state index contributed by atoms with van der Waals surface area (Å²) in [5.41, 5.74) is 4.50. The molecule has 39 heavy (non-hydrogen) atoms. The van der Waals surface area contributed by atoms with Crippen LogP contribution in [0.25, 0.3) is 0 Å². The monoisotopic (exact) mass is 635 g/mol. The first kappa shape index (κ1) is 33.1. The first-order valence-corrected chi connectivity index (χ1v) is 15.5. The Morgan fingerprint density at radius 3 is 2.23 bits per heavy atom. The summed E-state index contributed by atoms with van der Waals surface area (Å²) in [6.07, 6.45) is 17.7. The van der Waals surface area contributed by atoms with Crippen molar-refractivity contribution in [3.63, 3.8) is 0 Å². The number of benzene rings is 2. The summed E-state index contributed by atoms with van der Waals surface area (Å²) in [7, 11) is 0. The minimum Gasteiger partial charge on any atom is -1.00 e. The number of urea groups is 1. The molecule has 2 N–H and O–H groups in total. The molecule has 0 fully saturated rings. The highest BCUT2D eigenvalue weighted by molar-refractivity contribution is 7.07. The summed E-state index contributed by atoms with van der Waals surface area (Å²) < 4.78 is 8.03. The molecule has 0 atom stereocenters. The molecular formula is C31H43BrClN3O2S. The van der Waals surface area contributed by atoms with Gasteiger partial charge < -0.3 is 32.4 Å². The Kier molecular flexibility index (Phi) is 16.9. The largest absolute Gasteiger partial charge is 1.00 e. The van der Waals surface area contributed by atoms with Gasteiger partial charge >= 0.3 is 6.03 Å². The quantitative estimate of drug-likeness (QED) is 0.124. The summed E-state index contributed by atoms with van der Waals surface area (Å²) in [6, 6.07) is 12.8.